The number of hydrogen-bond acceptors (Lipinski definition) is 7. The number of rotatable bonds is 4. The van der Waals surface area contributed by atoms with Gasteiger partial charge in [-0.25, -0.2) is 4.79 Å². The molecule has 7 nitrogen and oxygen atoms in total. The van der Waals surface area contributed by atoms with Gasteiger partial charge in [-0.3, -0.25) is 0 Å². The van der Waals surface area contributed by atoms with Crippen molar-refractivity contribution in [2.24, 2.45) is 11.1 Å². The maximum atomic E-state index is 11.8. The van der Waals surface area contributed by atoms with Gasteiger partial charge >= 0.3 is 5.97 Å². The second-order valence-corrected chi connectivity index (χ2v) is 4.91. The second-order valence-electron chi connectivity index (χ2n) is 4.91. The number of oxime groups is 1. The molecule has 19 heavy (non-hydrogen) atoms. The van der Waals surface area contributed by atoms with Crippen LogP contribution >= 0.6 is 0 Å². The maximum Gasteiger partial charge on any atom is 0.351 e. The van der Waals surface area contributed by atoms with Crippen molar-refractivity contribution < 1.29 is 28.9 Å². The molecule has 7 heteroatoms. The highest BCUT2D eigenvalue weighted by Crippen LogP contribution is 2.33. The Morgan fingerprint density at radius 1 is 1.58 bits per heavy atom. The first kappa shape index (κ1) is 14.2. The van der Waals surface area contributed by atoms with Gasteiger partial charge in [-0.1, -0.05) is 5.16 Å². The summed E-state index contributed by atoms with van der Waals surface area (Å²) in [5.41, 5.74) is 0.379. The van der Waals surface area contributed by atoms with Gasteiger partial charge in [-0.15, -0.1) is 0 Å². The highest BCUT2D eigenvalue weighted by atomic mass is 16.7. The molecule has 0 amide bonds. The molecule has 0 bridgehead atoms. The molecule has 0 aliphatic carbocycles. The van der Waals surface area contributed by atoms with E-state index < -0.39 is 29.9 Å². The summed E-state index contributed by atoms with van der Waals surface area (Å²) < 4.78 is 16.1. The number of ether oxygens (including phenoxy) is 3. The van der Waals surface area contributed by atoms with Gasteiger partial charge < -0.3 is 24.2 Å². The van der Waals surface area contributed by atoms with E-state index in [1.54, 1.807) is 20.8 Å². The quantitative estimate of drug-likeness (QED) is 0.729. The largest absolute Gasteiger partial charge is 0.463 e. The Kier molecular flexibility index (Phi) is 4.07. The summed E-state index contributed by atoms with van der Waals surface area (Å²) in [4.78, 5) is 16.9. The highest BCUT2D eigenvalue weighted by molar-refractivity contribution is 5.94. The Morgan fingerprint density at radius 2 is 2.32 bits per heavy atom. The minimum Gasteiger partial charge on any atom is -0.463 e. The SMILES string of the molecule is CCOC(=O)[C@@H]1ON=C(CO)[C@H]1[C@H]1COC(C)(C)O1. The summed E-state index contributed by atoms with van der Waals surface area (Å²) in [5.74, 6) is -1.70. The highest BCUT2D eigenvalue weighted by Gasteiger charge is 2.49. The Morgan fingerprint density at radius 3 is 2.84 bits per heavy atom. The number of esters is 1. The molecule has 1 fully saturated rings. The van der Waals surface area contributed by atoms with Gasteiger partial charge in [0.15, 0.2) is 5.79 Å². The van der Waals surface area contributed by atoms with E-state index >= 15 is 0 Å². The average Bonchev–Trinajstić information content (AvgIpc) is 2.92. The van der Waals surface area contributed by atoms with Gasteiger partial charge in [0.1, 0.15) is 0 Å². The van der Waals surface area contributed by atoms with Crippen molar-refractivity contribution in [1.82, 2.24) is 0 Å². The Labute approximate surface area is 111 Å². The third-order valence-electron chi connectivity index (χ3n) is 3.11. The van der Waals surface area contributed by atoms with Gasteiger partial charge in [0.2, 0.25) is 6.10 Å². The van der Waals surface area contributed by atoms with E-state index in [1.807, 2.05) is 0 Å². The fraction of sp³-hybridized carbons (Fsp3) is 0.833. The first-order chi connectivity index (χ1) is 8.98. The fourth-order valence-electron chi connectivity index (χ4n) is 2.28. The summed E-state index contributed by atoms with van der Waals surface area (Å²) in [6.45, 7) is 5.58. The zero-order chi connectivity index (χ0) is 14.0. The minimum atomic E-state index is -0.885. The van der Waals surface area contributed by atoms with Crippen LogP contribution in [0.4, 0.5) is 0 Å². The van der Waals surface area contributed by atoms with E-state index in [9.17, 15) is 9.90 Å². The summed E-state index contributed by atoms with van der Waals surface area (Å²) in [5, 5.41) is 13.0. The molecule has 2 heterocycles. The van der Waals surface area contributed by atoms with Crippen molar-refractivity contribution >= 4 is 11.7 Å². The van der Waals surface area contributed by atoms with E-state index in [0.717, 1.165) is 0 Å². The summed E-state index contributed by atoms with van der Waals surface area (Å²) in [7, 11) is 0. The predicted octanol–water partition coefficient (Wildman–Crippen LogP) is 0.0643. The van der Waals surface area contributed by atoms with Crippen LogP contribution in [0.25, 0.3) is 0 Å². The van der Waals surface area contributed by atoms with Gasteiger partial charge in [0.25, 0.3) is 0 Å². The lowest BCUT2D eigenvalue weighted by molar-refractivity contribution is -0.165. The molecule has 2 rings (SSSR count). The van der Waals surface area contributed by atoms with Crippen LogP contribution in [-0.4, -0.2) is 54.6 Å². The molecule has 3 atom stereocenters. The van der Waals surface area contributed by atoms with Crippen molar-refractivity contribution in [2.45, 2.75) is 38.8 Å². The number of hydrogen-bond donors (Lipinski definition) is 1. The lowest BCUT2D eigenvalue weighted by Gasteiger charge is -2.23. The number of nitrogens with zero attached hydrogens (tertiary/aromatic N) is 1. The van der Waals surface area contributed by atoms with Gasteiger partial charge in [0.05, 0.1) is 37.6 Å². The van der Waals surface area contributed by atoms with Crippen molar-refractivity contribution in [3.63, 3.8) is 0 Å². The van der Waals surface area contributed by atoms with Crippen LogP contribution in [0.5, 0.6) is 0 Å². The Balaban J connectivity index is 2.12. The van der Waals surface area contributed by atoms with Gasteiger partial charge in [0, 0.05) is 0 Å². The third-order valence-corrected chi connectivity index (χ3v) is 3.11. The number of carbonyl (C=O) groups is 1. The molecule has 0 saturated carbocycles. The van der Waals surface area contributed by atoms with E-state index in [2.05, 4.69) is 5.16 Å². The Bertz CT molecular complexity index is 380. The summed E-state index contributed by atoms with van der Waals surface area (Å²) >= 11 is 0. The predicted molar refractivity (Wildman–Crippen MR) is 64.4 cm³/mol. The van der Waals surface area contributed by atoms with E-state index in [4.69, 9.17) is 19.0 Å². The zero-order valence-electron chi connectivity index (χ0n) is 11.3. The van der Waals surface area contributed by atoms with Gasteiger partial charge in [-0.05, 0) is 20.8 Å². The smallest absolute Gasteiger partial charge is 0.351 e. The van der Waals surface area contributed by atoms with E-state index in [1.165, 1.54) is 0 Å². The standard InChI is InChI=1S/C12H19NO6/c1-4-16-11(15)10-9(7(5-14)13-19-10)8-6-17-12(2,3)18-8/h8-10,14H,4-6H2,1-3H3/t8-,9+,10-/m1/s1. The summed E-state index contributed by atoms with van der Waals surface area (Å²) in [6.07, 6.45) is -1.28. The number of aliphatic hydroxyl groups excluding tert-OH is 1. The number of aliphatic hydroxyl groups is 1. The third kappa shape index (κ3) is 2.88. The lowest BCUT2D eigenvalue weighted by Crippen LogP contribution is -2.42. The Hall–Kier alpha value is -1.18. The maximum absolute atomic E-state index is 11.8. The van der Waals surface area contributed by atoms with Crippen LogP contribution in [-0.2, 0) is 23.8 Å². The lowest BCUT2D eigenvalue weighted by atomic mass is 9.92. The van der Waals surface area contributed by atoms with Crippen molar-refractivity contribution in [2.75, 3.05) is 19.8 Å². The molecule has 0 spiro atoms. The van der Waals surface area contributed by atoms with E-state index in [-0.39, 0.29) is 13.2 Å². The number of carbonyl (C=O) groups excluding carboxylic acids is 1. The van der Waals surface area contributed by atoms with Crippen molar-refractivity contribution in [3.05, 3.63) is 0 Å². The summed E-state index contributed by atoms with van der Waals surface area (Å²) in [6, 6.07) is 0. The van der Waals surface area contributed by atoms with Crippen molar-refractivity contribution in [3.8, 4) is 0 Å². The van der Waals surface area contributed by atoms with Crippen LogP contribution in [0.3, 0.4) is 0 Å². The zero-order valence-corrected chi connectivity index (χ0v) is 11.3. The molecule has 0 unspecified atom stereocenters. The molecular formula is C12H19NO6. The normalized spacial score (nSPS) is 32.8. The first-order valence-corrected chi connectivity index (χ1v) is 6.30. The molecule has 0 radical (unpaired) electrons. The average molecular weight is 273 g/mol. The van der Waals surface area contributed by atoms with Crippen LogP contribution in [0.15, 0.2) is 5.16 Å². The molecule has 108 valence electrons. The van der Waals surface area contributed by atoms with Crippen LogP contribution < -0.4 is 0 Å². The second kappa shape index (κ2) is 5.44. The van der Waals surface area contributed by atoms with Crippen LogP contribution in [0, 0.1) is 5.92 Å². The first-order valence-electron chi connectivity index (χ1n) is 6.30. The molecule has 1 saturated heterocycles. The molecule has 2 aliphatic heterocycles. The molecule has 0 aromatic rings. The van der Waals surface area contributed by atoms with Crippen LogP contribution in [0.1, 0.15) is 20.8 Å². The molecule has 0 aromatic carbocycles. The van der Waals surface area contributed by atoms with Crippen molar-refractivity contribution in [1.29, 1.82) is 0 Å². The minimum absolute atomic E-state index is 0.257. The monoisotopic (exact) mass is 273 g/mol. The topological polar surface area (TPSA) is 86.6 Å². The van der Waals surface area contributed by atoms with Gasteiger partial charge in [-0.2, -0.15) is 0 Å². The fourth-order valence-corrected chi connectivity index (χ4v) is 2.28. The molecule has 1 N–H and O–H groups in total. The van der Waals surface area contributed by atoms with Crippen LogP contribution in [0.2, 0.25) is 0 Å². The molecule has 0 aromatic heterocycles. The molecule has 2 aliphatic rings. The van der Waals surface area contributed by atoms with E-state index in [0.29, 0.717) is 12.3 Å². The molecular weight excluding hydrogens is 254 g/mol.